The van der Waals surface area contributed by atoms with E-state index in [1.54, 1.807) is 18.3 Å². The number of hydrogen-bond donors (Lipinski definition) is 2. The zero-order valence-electron chi connectivity index (χ0n) is 11.1. The van der Waals surface area contributed by atoms with Gasteiger partial charge in [-0.05, 0) is 11.5 Å². The number of rotatable bonds is 3. The number of nitrogens with two attached hydrogens (primary N) is 1. The number of pyridine rings is 1. The second-order valence-electron chi connectivity index (χ2n) is 5.55. The predicted molar refractivity (Wildman–Crippen MR) is 70.6 cm³/mol. The van der Waals surface area contributed by atoms with Gasteiger partial charge in [-0.15, -0.1) is 0 Å². The molecule has 2 heterocycles. The van der Waals surface area contributed by atoms with E-state index in [0.29, 0.717) is 18.7 Å². The summed E-state index contributed by atoms with van der Waals surface area (Å²) < 4.78 is 0. The summed E-state index contributed by atoms with van der Waals surface area (Å²) in [6.45, 7) is 4.06. The van der Waals surface area contributed by atoms with Gasteiger partial charge in [0.1, 0.15) is 5.82 Å². The molecule has 1 aromatic heterocycles. The average molecular weight is 262 g/mol. The third kappa shape index (κ3) is 2.90. The van der Waals surface area contributed by atoms with Gasteiger partial charge in [0.15, 0.2) is 0 Å². The van der Waals surface area contributed by atoms with Crippen molar-refractivity contribution in [2.45, 2.75) is 33.2 Å². The van der Waals surface area contributed by atoms with Crippen molar-refractivity contribution < 1.29 is 9.59 Å². The third-order valence-corrected chi connectivity index (χ3v) is 3.22. The summed E-state index contributed by atoms with van der Waals surface area (Å²) in [6.07, 6.45) is 2.36. The van der Waals surface area contributed by atoms with Crippen LogP contribution < -0.4 is 11.3 Å². The van der Waals surface area contributed by atoms with Gasteiger partial charge in [-0.2, -0.15) is 0 Å². The van der Waals surface area contributed by atoms with Crippen molar-refractivity contribution in [2.75, 3.05) is 5.43 Å². The van der Waals surface area contributed by atoms with Crippen LogP contribution in [0.2, 0.25) is 0 Å². The Hall–Kier alpha value is -1.95. The quantitative estimate of drug-likeness (QED) is 0.483. The Kier molecular flexibility index (Phi) is 3.53. The van der Waals surface area contributed by atoms with Gasteiger partial charge in [-0.3, -0.25) is 14.5 Å². The van der Waals surface area contributed by atoms with Crippen molar-refractivity contribution >= 4 is 17.6 Å². The van der Waals surface area contributed by atoms with Crippen molar-refractivity contribution in [3.8, 4) is 0 Å². The number of nitrogens with one attached hydrogen (secondary N) is 1. The van der Waals surface area contributed by atoms with Crippen LogP contribution in [-0.2, 0) is 16.1 Å². The summed E-state index contributed by atoms with van der Waals surface area (Å²) in [5.74, 6) is 5.56. The van der Waals surface area contributed by atoms with E-state index in [0.717, 1.165) is 5.56 Å². The first kappa shape index (κ1) is 13.5. The number of piperidine rings is 1. The van der Waals surface area contributed by atoms with Crippen LogP contribution in [0, 0.1) is 5.41 Å². The molecule has 0 radical (unpaired) electrons. The van der Waals surface area contributed by atoms with Gasteiger partial charge in [0.2, 0.25) is 11.8 Å². The summed E-state index contributed by atoms with van der Waals surface area (Å²) in [6, 6.07) is 3.54. The summed E-state index contributed by atoms with van der Waals surface area (Å²) in [5, 5.41) is 0. The van der Waals surface area contributed by atoms with Crippen molar-refractivity contribution in [1.29, 1.82) is 0 Å². The van der Waals surface area contributed by atoms with Crippen LogP contribution >= 0.6 is 0 Å². The maximum atomic E-state index is 12.1. The van der Waals surface area contributed by atoms with E-state index in [9.17, 15) is 9.59 Å². The Morgan fingerprint density at radius 1 is 1.37 bits per heavy atom. The maximum absolute atomic E-state index is 12.1. The van der Waals surface area contributed by atoms with Crippen LogP contribution in [0.5, 0.6) is 0 Å². The number of likely N-dealkylation sites (tertiary alicyclic amines) is 1. The lowest BCUT2D eigenvalue weighted by Gasteiger charge is -2.34. The second kappa shape index (κ2) is 4.97. The van der Waals surface area contributed by atoms with E-state index in [-0.39, 0.29) is 23.8 Å². The fourth-order valence-corrected chi connectivity index (χ4v) is 2.25. The molecule has 102 valence electrons. The highest BCUT2D eigenvalue weighted by Crippen LogP contribution is 2.32. The van der Waals surface area contributed by atoms with Crippen molar-refractivity contribution in [1.82, 2.24) is 9.88 Å². The van der Waals surface area contributed by atoms with Crippen LogP contribution in [0.1, 0.15) is 32.3 Å². The van der Waals surface area contributed by atoms with E-state index in [1.165, 1.54) is 4.90 Å². The number of anilines is 1. The molecule has 1 fully saturated rings. The molecule has 0 aromatic carbocycles. The lowest BCUT2D eigenvalue weighted by Crippen LogP contribution is -2.45. The van der Waals surface area contributed by atoms with E-state index in [1.807, 2.05) is 13.8 Å². The Bertz CT molecular complexity index is 493. The molecular weight excluding hydrogens is 244 g/mol. The molecule has 0 spiro atoms. The molecule has 0 bridgehead atoms. The largest absolute Gasteiger partial charge is 0.308 e. The van der Waals surface area contributed by atoms with Gasteiger partial charge in [-0.1, -0.05) is 19.9 Å². The number of hydrazine groups is 1. The molecule has 19 heavy (non-hydrogen) atoms. The van der Waals surface area contributed by atoms with Crippen molar-refractivity contribution in [3.63, 3.8) is 0 Å². The maximum Gasteiger partial charge on any atom is 0.230 e. The lowest BCUT2D eigenvalue weighted by atomic mass is 9.81. The molecule has 0 saturated carbocycles. The number of nitrogens with zero attached hydrogens (tertiary/aromatic N) is 2. The highest BCUT2D eigenvalue weighted by Gasteiger charge is 2.37. The molecule has 1 aliphatic rings. The standard InChI is InChI=1S/C13H18N4O2/c1-13(2)6-10(18)17(11(19)7-13)8-9-4-3-5-15-12(9)16-14/h3-5H,6-8,14H2,1-2H3,(H,15,16). The van der Waals surface area contributed by atoms with Gasteiger partial charge >= 0.3 is 0 Å². The summed E-state index contributed by atoms with van der Waals surface area (Å²) in [5.41, 5.74) is 2.94. The zero-order valence-corrected chi connectivity index (χ0v) is 11.1. The first-order valence-corrected chi connectivity index (χ1v) is 6.17. The molecule has 0 unspecified atom stereocenters. The Morgan fingerprint density at radius 3 is 2.58 bits per heavy atom. The fourth-order valence-electron chi connectivity index (χ4n) is 2.25. The van der Waals surface area contributed by atoms with E-state index in [2.05, 4.69) is 10.4 Å². The number of carbonyl (C=O) groups excluding carboxylic acids is 2. The van der Waals surface area contributed by atoms with Gasteiger partial charge in [0.05, 0.1) is 6.54 Å². The second-order valence-corrected chi connectivity index (χ2v) is 5.55. The Balaban J connectivity index is 2.19. The molecule has 6 heteroatoms. The van der Waals surface area contributed by atoms with Crippen LogP contribution in [0.25, 0.3) is 0 Å². The minimum absolute atomic E-state index is 0.145. The molecule has 3 N–H and O–H groups in total. The number of aromatic nitrogens is 1. The van der Waals surface area contributed by atoms with Crippen LogP contribution in [0.15, 0.2) is 18.3 Å². The van der Waals surface area contributed by atoms with E-state index >= 15 is 0 Å². The number of hydrogen-bond acceptors (Lipinski definition) is 5. The zero-order chi connectivity index (χ0) is 14.0. The molecule has 1 aromatic rings. The smallest absolute Gasteiger partial charge is 0.230 e. The summed E-state index contributed by atoms with van der Waals surface area (Å²) >= 11 is 0. The average Bonchev–Trinajstić information content (AvgIpc) is 2.33. The number of imide groups is 1. The highest BCUT2D eigenvalue weighted by atomic mass is 16.2. The Labute approximate surface area is 112 Å². The first-order valence-electron chi connectivity index (χ1n) is 6.17. The molecule has 0 atom stereocenters. The Morgan fingerprint density at radius 2 is 2.00 bits per heavy atom. The molecule has 0 aliphatic carbocycles. The van der Waals surface area contributed by atoms with Gasteiger partial charge in [-0.25, -0.2) is 10.8 Å². The number of carbonyl (C=O) groups is 2. The van der Waals surface area contributed by atoms with E-state index < -0.39 is 0 Å². The van der Waals surface area contributed by atoms with Crippen LogP contribution in [0.4, 0.5) is 5.82 Å². The molecule has 2 rings (SSSR count). The minimum Gasteiger partial charge on any atom is -0.308 e. The van der Waals surface area contributed by atoms with Gasteiger partial charge in [0, 0.05) is 24.6 Å². The predicted octanol–water partition coefficient (Wildman–Crippen LogP) is 1.04. The third-order valence-electron chi connectivity index (χ3n) is 3.22. The topological polar surface area (TPSA) is 88.3 Å². The van der Waals surface area contributed by atoms with Gasteiger partial charge in [0.25, 0.3) is 0 Å². The van der Waals surface area contributed by atoms with Crippen LogP contribution in [-0.4, -0.2) is 21.7 Å². The summed E-state index contributed by atoms with van der Waals surface area (Å²) in [4.78, 5) is 29.5. The van der Waals surface area contributed by atoms with Crippen molar-refractivity contribution in [3.05, 3.63) is 23.9 Å². The number of amides is 2. The molecular formula is C13H18N4O2. The monoisotopic (exact) mass is 262 g/mol. The van der Waals surface area contributed by atoms with E-state index in [4.69, 9.17) is 5.84 Å². The molecule has 1 saturated heterocycles. The summed E-state index contributed by atoms with van der Waals surface area (Å²) in [7, 11) is 0. The molecule has 6 nitrogen and oxygen atoms in total. The normalized spacial score (nSPS) is 18.6. The fraction of sp³-hybridized carbons (Fsp3) is 0.462. The number of nitrogen functional groups attached to an aromatic ring is 1. The van der Waals surface area contributed by atoms with Crippen molar-refractivity contribution in [2.24, 2.45) is 11.3 Å². The SMILES string of the molecule is CC1(C)CC(=O)N(Cc2cccnc2NN)C(=O)C1. The highest BCUT2D eigenvalue weighted by molar-refractivity contribution is 5.98. The van der Waals surface area contributed by atoms with Gasteiger partial charge < -0.3 is 5.43 Å². The van der Waals surface area contributed by atoms with Crippen LogP contribution in [0.3, 0.4) is 0 Å². The lowest BCUT2D eigenvalue weighted by molar-refractivity contribution is -0.153. The minimum atomic E-state index is -0.255. The molecule has 2 amide bonds. The molecule has 1 aliphatic heterocycles. The first-order chi connectivity index (χ1) is 8.93.